The number of urea groups is 1. The number of aliphatic hydroxyl groups excluding tert-OH is 1. The van der Waals surface area contributed by atoms with Crippen molar-refractivity contribution in [3.05, 3.63) is 64.7 Å². The fraction of sp³-hybridized carbons (Fsp3) is 0.500. The molecule has 0 aliphatic heterocycles. The summed E-state index contributed by atoms with van der Waals surface area (Å²) in [6.07, 6.45) is 2.93. The quantitative estimate of drug-likeness (QED) is 0.0761. The molecule has 0 saturated carbocycles. The van der Waals surface area contributed by atoms with Crippen molar-refractivity contribution in [1.29, 1.82) is 0 Å². The van der Waals surface area contributed by atoms with E-state index in [4.69, 9.17) is 5.73 Å². The Morgan fingerprint density at radius 1 is 0.830 bits per heavy atom. The Balaban J connectivity index is 1.87. The molecular weight excluding hydrogens is 734 g/mol. The van der Waals surface area contributed by atoms with Gasteiger partial charge in [0.05, 0.1) is 12.6 Å². The number of aliphatic hydroxyl groups is 1. The summed E-state index contributed by atoms with van der Waals surface area (Å²) in [4.78, 5) is 63.1. The number of halogens is 2. The molecule has 0 radical (unpaired) electrons. The van der Waals surface area contributed by atoms with Crippen LogP contribution in [0.15, 0.2) is 42.5 Å². The van der Waals surface area contributed by atoms with Crippen LogP contribution in [0.4, 0.5) is 10.5 Å². The number of primary amides is 1. The van der Waals surface area contributed by atoms with Gasteiger partial charge in [0.15, 0.2) is 5.78 Å². The molecule has 0 heterocycles. The van der Waals surface area contributed by atoms with E-state index in [-0.39, 0.29) is 55.4 Å². The first-order chi connectivity index (χ1) is 22.5. The lowest BCUT2D eigenvalue weighted by atomic mass is 9.89. The third-order valence-electron chi connectivity index (χ3n) is 7.57. The minimum Gasteiger partial charge on any atom is -0.392 e. The highest BCUT2D eigenvalue weighted by molar-refractivity contribution is 9.08. The van der Waals surface area contributed by atoms with Gasteiger partial charge in [-0.1, -0.05) is 70.3 Å². The van der Waals surface area contributed by atoms with Crippen LogP contribution < -0.4 is 27.0 Å². The fourth-order valence-electron chi connectivity index (χ4n) is 5.00. The molecule has 0 aliphatic carbocycles. The van der Waals surface area contributed by atoms with Crippen LogP contribution in [0.3, 0.4) is 0 Å². The van der Waals surface area contributed by atoms with E-state index in [1.54, 1.807) is 24.3 Å². The van der Waals surface area contributed by atoms with Crippen molar-refractivity contribution in [2.24, 2.45) is 17.6 Å². The third kappa shape index (κ3) is 15.0. The van der Waals surface area contributed by atoms with Gasteiger partial charge in [0.1, 0.15) is 0 Å². The highest BCUT2D eigenvalue weighted by Gasteiger charge is 2.29. The molecule has 13 heteroatoms. The van der Waals surface area contributed by atoms with E-state index in [9.17, 15) is 29.1 Å². The van der Waals surface area contributed by atoms with Gasteiger partial charge in [0.25, 0.3) is 5.91 Å². The largest absolute Gasteiger partial charge is 0.392 e. The number of rotatable bonds is 21. The number of hydrogen-bond acceptors (Lipinski definition) is 6. The summed E-state index contributed by atoms with van der Waals surface area (Å²) >= 11 is 6.88. The van der Waals surface area contributed by atoms with Gasteiger partial charge in [-0.2, -0.15) is 0 Å². The van der Waals surface area contributed by atoms with E-state index in [1.807, 2.05) is 32.0 Å². The van der Waals surface area contributed by atoms with Crippen molar-refractivity contribution in [2.75, 3.05) is 18.4 Å². The maximum absolute atomic E-state index is 13.4. The number of alkyl halides is 2. The molecular formula is C34H47Br2N5O6. The van der Waals surface area contributed by atoms with Crippen LogP contribution in [-0.4, -0.2) is 53.8 Å². The average Bonchev–Trinajstić information content (AvgIpc) is 3.05. The molecule has 0 unspecified atom stereocenters. The monoisotopic (exact) mass is 779 g/mol. The molecule has 258 valence electrons. The normalized spacial score (nSPS) is 12.2. The first kappa shape index (κ1) is 39.9. The molecule has 2 atom stereocenters. The van der Waals surface area contributed by atoms with Gasteiger partial charge in [0.2, 0.25) is 11.8 Å². The van der Waals surface area contributed by atoms with E-state index in [0.29, 0.717) is 59.7 Å². The van der Waals surface area contributed by atoms with Crippen molar-refractivity contribution in [3.8, 4) is 0 Å². The molecule has 5 amide bonds. The summed E-state index contributed by atoms with van der Waals surface area (Å²) < 4.78 is 0. The number of carbonyl (C=O) groups is 5. The second-order valence-corrected chi connectivity index (χ2v) is 12.9. The summed E-state index contributed by atoms with van der Waals surface area (Å²) in [6, 6.07) is 11.1. The van der Waals surface area contributed by atoms with Crippen molar-refractivity contribution in [3.63, 3.8) is 0 Å². The minimum atomic E-state index is -0.760. The van der Waals surface area contributed by atoms with Gasteiger partial charge in [0, 0.05) is 53.8 Å². The molecule has 2 aromatic rings. The van der Waals surface area contributed by atoms with Gasteiger partial charge in [-0.05, 0) is 72.6 Å². The molecule has 0 saturated heterocycles. The van der Waals surface area contributed by atoms with Crippen LogP contribution in [0.1, 0.15) is 85.8 Å². The van der Waals surface area contributed by atoms with Crippen molar-refractivity contribution >= 4 is 67.1 Å². The van der Waals surface area contributed by atoms with E-state index in [1.165, 1.54) is 0 Å². The summed E-state index contributed by atoms with van der Waals surface area (Å²) in [5, 5.41) is 21.7. The summed E-state index contributed by atoms with van der Waals surface area (Å²) in [5.74, 6) is -1.87. The number of Topliss-reactive ketones (excluding diaryl/α,β-unsaturated/α-hetero) is 1. The van der Waals surface area contributed by atoms with Crippen molar-refractivity contribution in [2.45, 2.75) is 82.1 Å². The lowest BCUT2D eigenvalue weighted by Gasteiger charge is -2.24. The minimum absolute atomic E-state index is 0.0877. The van der Waals surface area contributed by atoms with E-state index >= 15 is 0 Å². The number of nitrogens with one attached hydrogen (secondary N) is 4. The molecule has 0 aliphatic rings. The highest BCUT2D eigenvalue weighted by atomic mass is 79.9. The molecule has 11 nitrogen and oxygen atoms in total. The fourth-order valence-corrected chi connectivity index (χ4v) is 5.64. The van der Waals surface area contributed by atoms with Crippen LogP contribution in [0, 0.1) is 11.8 Å². The Hall–Kier alpha value is -3.29. The van der Waals surface area contributed by atoms with Crippen LogP contribution in [0.2, 0.25) is 0 Å². The second kappa shape index (κ2) is 21.6. The molecule has 2 aromatic carbocycles. The molecule has 0 spiro atoms. The first-order valence-corrected chi connectivity index (χ1v) is 18.1. The number of anilines is 1. The van der Waals surface area contributed by atoms with Gasteiger partial charge in [-0.15, -0.1) is 0 Å². The predicted molar refractivity (Wildman–Crippen MR) is 190 cm³/mol. The topological polar surface area (TPSA) is 180 Å². The molecule has 0 bridgehead atoms. The number of benzene rings is 2. The van der Waals surface area contributed by atoms with E-state index in [0.717, 1.165) is 17.5 Å². The zero-order valence-electron chi connectivity index (χ0n) is 27.1. The zero-order valence-corrected chi connectivity index (χ0v) is 30.3. The number of unbranched alkanes of at least 4 members (excludes halogenated alkanes) is 2. The Kier molecular flexibility index (Phi) is 18.3. The maximum atomic E-state index is 13.4. The SMILES string of the molecule is CC(C)[C@H](NC(=O)CCCCCNC(=O)c1cc(CBr)cc(CBr)c1)C(=O)C[C@@H](CCCNC(N)=O)C(=O)Nc1ccc(CO)cc1. The molecule has 7 N–H and O–H groups in total. The molecule has 0 fully saturated rings. The Bertz CT molecular complexity index is 1320. The van der Waals surface area contributed by atoms with Gasteiger partial charge < -0.3 is 32.1 Å². The maximum Gasteiger partial charge on any atom is 0.312 e. The summed E-state index contributed by atoms with van der Waals surface area (Å²) in [6.45, 7) is 4.31. The number of ketones is 1. The smallest absolute Gasteiger partial charge is 0.312 e. The van der Waals surface area contributed by atoms with E-state index in [2.05, 4.69) is 53.1 Å². The first-order valence-electron chi connectivity index (χ1n) is 15.9. The standard InChI is InChI=1S/C34H47Br2N5O6/c1-22(2)31(41-30(44)8-4-3-5-13-38-32(45)27-16-24(19-35)15-25(17-27)20-36)29(43)18-26(7-6-14-39-34(37)47)33(46)40-28-11-9-23(21-42)10-12-28/h9-12,15-17,22,26,31,42H,3-8,13-14,18-21H2,1-2H3,(H,38,45)(H,40,46)(H,41,44)(H3,37,39,47)/t26-,31+/m1/s1. The van der Waals surface area contributed by atoms with Crippen LogP contribution in [0.25, 0.3) is 0 Å². The number of nitrogens with two attached hydrogens (primary N) is 1. The third-order valence-corrected chi connectivity index (χ3v) is 8.87. The number of carbonyl (C=O) groups excluding carboxylic acids is 5. The second-order valence-electron chi connectivity index (χ2n) is 11.8. The van der Waals surface area contributed by atoms with Crippen molar-refractivity contribution in [1.82, 2.24) is 16.0 Å². The van der Waals surface area contributed by atoms with Gasteiger partial charge >= 0.3 is 6.03 Å². The number of hydrogen-bond donors (Lipinski definition) is 6. The highest BCUT2D eigenvalue weighted by Crippen LogP contribution is 2.20. The Labute approximate surface area is 293 Å². The average molecular weight is 782 g/mol. The Morgan fingerprint density at radius 3 is 2.04 bits per heavy atom. The van der Waals surface area contributed by atoms with E-state index < -0.39 is 18.0 Å². The molecule has 0 aromatic heterocycles. The molecule has 47 heavy (non-hydrogen) atoms. The molecule has 2 rings (SSSR count). The Morgan fingerprint density at radius 2 is 1.47 bits per heavy atom. The summed E-state index contributed by atoms with van der Waals surface area (Å²) in [5.41, 5.74) is 9.03. The number of amides is 5. The van der Waals surface area contributed by atoms with Crippen LogP contribution >= 0.6 is 31.9 Å². The predicted octanol–water partition coefficient (Wildman–Crippen LogP) is 5.06. The van der Waals surface area contributed by atoms with Gasteiger partial charge in [-0.25, -0.2) is 4.79 Å². The van der Waals surface area contributed by atoms with Crippen molar-refractivity contribution < 1.29 is 29.1 Å². The lowest BCUT2D eigenvalue weighted by Crippen LogP contribution is -2.45. The lowest BCUT2D eigenvalue weighted by molar-refractivity contribution is -0.131. The summed E-state index contributed by atoms with van der Waals surface area (Å²) in [7, 11) is 0. The van der Waals surface area contributed by atoms with Crippen LogP contribution in [0.5, 0.6) is 0 Å². The van der Waals surface area contributed by atoms with Gasteiger partial charge in [-0.3, -0.25) is 19.2 Å². The zero-order chi connectivity index (χ0) is 34.8. The van der Waals surface area contributed by atoms with Crippen LogP contribution in [-0.2, 0) is 31.7 Å².